The maximum absolute atomic E-state index is 4.39. The smallest absolute Gasteiger partial charge is 0.0795 e. The van der Waals surface area contributed by atoms with E-state index in [2.05, 4.69) is 20.6 Å². The molecule has 0 aromatic carbocycles. The average molecular weight is 251 g/mol. The Morgan fingerprint density at radius 2 is 2.41 bits per heavy atom. The van der Waals surface area contributed by atoms with E-state index in [1.54, 1.807) is 11.3 Å². The zero-order valence-electron chi connectivity index (χ0n) is 10.3. The third kappa shape index (κ3) is 2.87. The zero-order valence-corrected chi connectivity index (χ0v) is 11.1. The van der Waals surface area contributed by atoms with E-state index in [1.165, 1.54) is 51.0 Å². The van der Waals surface area contributed by atoms with Crippen molar-refractivity contribution in [2.75, 3.05) is 19.6 Å². The highest BCUT2D eigenvalue weighted by atomic mass is 32.1. The number of hydrogen-bond acceptors (Lipinski definition) is 4. The number of thiazole rings is 1. The highest BCUT2D eigenvalue weighted by Crippen LogP contribution is 2.25. The van der Waals surface area contributed by atoms with Crippen LogP contribution in [0, 0.1) is 5.92 Å². The number of aromatic nitrogens is 1. The van der Waals surface area contributed by atoms with Gasteiger partial charge in [-0.05, 0) is 44.7 Å². The first-order valence-electron chi connectivity index (χ1n) is 6.74. The summed E-state index contributed by atoms with van der Waals surface area (Å²) in [7, 11) is 0. The standard InChI is InChI=1S/C13H21N3S/c1-4-13(14-5-1)11-3-2-6-16(7-11)8-12-9-17-10-15-12/h9-11,13-14H,1-8H2. The Morgan fingerprint density at radius 1 is 1.41 bits per heavy atom. The van der Waals surface area contributed by atoms with Crippen LogP contribution in [0.2, 0.25) is 0 Å². The molecule has 0 aliphatic carbocycles. The highest BCUT2D eigenvalue weighted by Gasteiger charge is 2.28. The van der Waals surface area contributed by atoms with Crippen molar-refractivity contribution in [2.24, 2.45) is 5.92 Å². The molecule has 2 saturated heterocycles. The number of likely N-dealkylation sites (tertiary alicyclic amines) is 1. The van der Waals surface area contributed by atoms with Crippen LogP contribution in [-0.2, 0) is 6.54 Å². The Kier molecular flexibility index (Phi) is 3.74. The van der Waals surface area contributed by atoms with Gasteiger partial charge < -0.3 is 5.32 Å². The van der Waals surface area contributed by atoms with E-state index in [9.17, 15) is 0 Å². The average Bonchev–Trinajstić information content (AvgIpc) is 3.01. The van der Waals surface area contributed by atoms with E-state index in [4.69, 9.17) is 0 Å². The molecule has 0 amide bonds. The van der Waals surface area contributed by atoms with Crippen molar-refractivity contribution in [1.29, 1.82) is 0 Å². The molecule has 1 aromatic rings. The predicted octanol–water partition coefficient (Wildman–Crippen LogP) is 2.11. The van der Waals surface area contributed by atoms with Crippen LogP contribution in [0.4, 0.5) is 0 Å². The number of rotatable bonds is 3. The fourth-order valence-electron chi connectivity index (χ4n) is 3.22. The molecule has 3 rings (SSSR count). The Labute approximate surface area is 107 Å². The molecule has 1 N–H and O–H groups in total. The first-order chi connectivity index (χ1) is 8.42. The molecular formula is C13H21N3S. The molecule has 17 heavy (non-hydrogen) atoms. The summed E-state index contributed by atoms with van der Waals surface area (Å²) in [5, 5.41) is 5.84. The van der Waals surface area contributed by atoms with E-state index < -0.39 is 0 Å². The molecule has 0 bridgehead atoms. The molecule has 2 fully saturated rings. The first kappa shape index (κ1) is 11.6. The van der Waals surface area contributed by atoms with Crippen molar-refractivity contribution < 1.29 is 0 Å². The summed E-state index contributed by atoms with van der Waals surface area (Å²) in [5.74, 6) is 0.866. The fourth-order valence-corrected chi connectivity index (χ4v) is 3.77. The van der Waals surface area contributed by atoms with Crippen molar-refractivity contribution >= 4 is 11.3 Å². The van der Waals surface area contributed by atoms with E-state index >= 15 is 0 Å². The normalized spacial score (nSPS) is 30.8. The van der Waals surface area contributed by atoms with Crippen LogP contribution in [0.3, 0.4) is 0 Å². The maximum atomic E-state index is 4.39. The van der Waals surface area contributed by atoms with Gasteiger partial charge in [0.15, 0.2) is 0 Å². The number of nitrogens with zero attached hydrogens (tertiary/aromatic N) is 2. The molecule has 2 aliphatic heterocycles. The van der Waals surface area contributed by atoms with Crippen LogP contribution < -0.4 is 5.32 Å². The van der Waals surface area contributed by atoms with Crippen LogP contribution in [-0.4, -0.2) is 35.6 Å². The Hall–Kier alpha value is -0.450. The van der Waals surface area contributed by atoms with Gasteiger partial charge in [0.25, 0.3) is 0 Å². The maximum Gasteiger partial charge on any atom is 0.0795 e. The summed E-state index contributed by atoms with van der Waals surface area (Å²) in [4.78, 5) is 6.98. The Morgan fingerprint density at radius 3 is 3.18 bits per heavy atom. The monoisotopic (exact) mass is 251 g/mol. The first-order valence-corrected chi connectivity index (χ1v) is 7.69. The van der Waals surface area contributed by atoms with E-state index in [-0.39, 0.29) is 0 Å². The lowest BCUT2D eigenvalue weighted by atomic mass is 9.90. The van der Waals surface area contributed by atoms with Gasteiger partial charge in [0.05, 0.1) is 11.2 Å². The van der Waals surface area contributed by atoms with Gasteiger partial charge in [-0.2, -0.15) is 0 Å². The quantitative estimate of drug-likeness (QED) is 0.892. The second kappa shape index (κ2) is 5.46. The molecule has 2 aliphatic rings. The summed E-state index contributed by atoms with van der Waals surface area (Å²) in [5.41, 5.74) is 3.19. The molecule has 94 valence electrons. The third-order valence-electron chi connectivity index (χ3n) is 4.08. The van der Waals surface area contributed by atoms with Gasteiger partial charge in [-0.15, -0.1) is 11.3 Å². The summed E-state index contributed by atoms with van der Waals surface area (Å²) in [6.45, 7) is 4.79. The van der Waals surface area contributed by atoms with Crippen molar-refractivity contribution in [3.63, 3.8) is 0 Å². The van der Waals surface area contributed by atoms with Crippen molar-refractivity contribution in [3.8, 4) is 0 Å². The molecule has 3 heterocycles. The Bertz CT molecular complexity index is 332. The Balaban J connectivity index is 1.55. The minimum Gasteiger partial charge on any atom is -0.314 e. The lowest BCUT2D eigenvalue weighted by molar-refractivity contribution is 0.144. The minimum atomic E-state index is 0.785. The molecule has 0 saturated carbocycles. The molecule has 4 heteroatoms. The van der Waals surface area contributed by atoms with Gasteiger partial charge in [-0.25, -0.2) is 4.98 Å². The third-order valence-corrected chi connectivity index (χ3v) is 4.71. The molecule has 3 nitrogen and oxygen atoms in total. The summed E-state index contributed by atoms with van der Waals surface area (Å²) in [6, 6.07) is 0.785. The van der Waals surface area contributed by atoms with Crippen molar-refractivity contribution in [3.05, 3.63) is 16.6 Å². The van der Waals surface area contributed by atoms with Crippen LogP contribution in [0.25, 0.3) is 0 Å². The van der Waals surface area contributed by atoms with Crippen LogP contribution in [0.5, 0.6) is 0 Å². The fraction of sp³-hybridized carbons (Fsp3) is 0.769. The summed E-state index contributed by atoms with van der Waals surface area (Å²) < 4.78 is 0. The van der Waals surface area contributed by atoms with Gasteiger partial charge >= 0.3 is 0 Å². The van der Waals surface area contributed by atoms with Crippen LogP contribution in [0.15, 0.2) is 10.9 Å². The summed E-state index contributed by atoms with van der Waals surface area (Å²) >= 11 is 1.70. The lowest BCUT2D eigenvalue weighted by Crippen LogP contribution is -2.43. The van der Waals surface area contributed by atoms with Gasteiger partial charge in [0, 0.05) is 24.5 Å². The van der Waals surface area contributed by atoms with Gasteiger partial charge in [-0.1, -0.05) is 0 Å². The van der Waals surface area contributed by atoms with Crippen LogP contribution in [0.1, 0.15) is 31.4 Å². The van der Waals surface area contributed by atoms with Gasteiger partial charge in [-0.3, -0.25) is 4.90 Å². The highest BCUT2D eigenvalue weighted by molar-refractivity contribution is 7.07. The number of hydrogen-bond donors (Lipinski definition) is 1. The lowest BCUT2D eigenvalue weighted by Gasteiger charge is -2.35. The number of nitrogens with one attached hydrogen (secondary N) is 1. The molecular weight excluding hydrogens is 230 g/mol. The van der Waals surface area contributed by atoms with E-state index in [0.717, 1.165) is 18.5 Å². The molecule has 2 unspecified atom stereocenters. The topological polar surface area (TPSA) is 28.2 Å². The van der Waals surface area contributed by atoms with Gasteiger partial charge in [0.2, 0.25) is 0 Å². The number of piperidine rings is 1. The second-order valence-corrected chi connectivity index (χ2v) is 6.04. The van der Waals surface area contributed by atoms with E-state index in [0.29, 0.717) is 0 Å². The molecule has 1 aromatic heterocycles. The minimum absolute atomic E-state index is 0.785. The molecule has 0 spiro atoms. The predicted molar refractivity (Wildman–Crippen MR) is 71.1 cm³/mol. The summed E-state index contributed by atoms with van der Waals surface area (Å²) in [6.07, 6.45) is 5.51. The van der Waals surface area contributed by atoms with Crippen LogP contribution >= 0.6 is 11.3 Å². The molecule has 2 atom stereocenters. The van der Waals surface area contributed by atoms with Gasteiger partial charge in [0.1, 0.15) is 0 Å². The molecule has 0 radical (unpaired) electrons. The zero-order chi connectivity index (χ0) is 11.5. The second-order valence-electron chi connectivity index (χ2n) is 5.32. The largest absolute Gasteiger partial charge is 0.314 e. The SMILES string of the molecule is c1nc(CN2CCCC(C3CCCN3)C2)cs1. The van der Waals surface area contributed by atoms with Crippen molar-refractivity contribution in [1.82, 2.24) is 15.2 Å². The van der Waals surface area contributed by atoms with Crippen molar-refractivity contribution in [2.45, 2.75) is 38.3 Å². The van der Waals surface area contributed by atoms with E-state index in [1.807, 2.05) is 5.51 Å².